The van der Waals surface area contributed by atoms with Crippen molar-refractivity contribution < 1.29 is 14.3 Å². The molecule has 2 aliphatic rings. The Bertz CT molecular complexity index is 358. The van der Waals surface area contributed by atoms with Gasteiger partial charge < -0.3 is 15.4 Å². The van der Waals surface area contributed by atoms with Crippen LogP contribution in [0.25, 0.3) is 0 Å². The van der Waals surface area contributed by atoms with Crippen LogP contribution in [-0.2, 0) is 9.53 Å². The lowest BCUT2D eigenvalue weighted by Crippen LogP contribution is -2.55. The first-order chi connectivity index (χ1) is 8.85. The first-order valence-electron chi connectivity index (χ1n) is 7.15. The summed E-state index contributed by atoms with van der Waals surface area (Å²) in [5.74, 6) is -0.00914. The minimum absolute atomic E-state index is 0.0741. The zero-order chi connectivity index (χ0) is 14.0. The summed E-state index contributed by atoms with van der Waals surface area (Å²) in [6.45, 7) is 5.48. The molecule has 0 aromatic rings. The number of ether oxygens (including phenoxy) is 1. The van der Waals surface area contributed by atoms with Crippen molar-refractivity contribution in [2.75, 3.05) is 0 Å². The molecule has 2 N–H and O–H groups in total. The van der Waals surface area contributed by atoms with Crippen LogP contribution in [0, 0.1) is 5.92 Å². The highest BCUT2D eigenvalue weighted by Crippen LogP contribution is 2.29. The third-order valence-corrected chi connectivity index (χ3v) is 3.76. The van der Waals surface area contributed by atoms with E-state index in [1.54, 1.807) is 0 Å². The molecular formula is C14H24N2O3. The topological polar surface area (TPSA) is 67.4 Å². The van der Waals surface area contributed by atoms with Gasteiger partial charge in [0.05, 0.1) is 5.92 Å². The zero-order valence-corrected chi connectivity index (χ0v) is 12.0. The van der Waals surface area contributed by atoms with Gasteiger partial charge in [0, 0.05) is 12.1 Å². The highest BCUT2D eigenvalue weighted by Gasteiger charge is 2.39. The van der Waals surface area contributed by atoms with E-state index in [1.165, 1.54) is 6.42 Å². The van der Waals surface area contributed by atoms with E-state index in [0.29, 0.717) is 6.04 Å². The van der Waals surface area contributed by atoms with Crippen LogP contribution in [0.15, 0.2) is 0 Å². The van der Waals surface area contributed by atoms with Crippen LogP contribution in [-0.4, -0.2) is 29.7 Å². The molecule has 2 atom stereocenters. The van der Waals surface area contributed by atoms with Gasteiger partial charge in [-0.25, -0.2) is 4.79 Å². The molecule has 2 amide bonds. The number of carbonyl (C=O) groups is 2. The van der Waals surface area contributed by atoms with Crippen molar-refractivity contribution in [2.24, 2.45) is 5.92 Å². The van der Waals surface area contributed by atoms with Gasteiger partial charge in [-0.3, -0.25) is 4.79 Å². The van der Waals surface area contributed by atoms with Gasteiger partial charge in [0.2, 0.25) is 5.91 Å². The number of amides is 2. The van der Waals surface area contributed by atoms with Crippen LogP contribution in [0.3, 0.4) is 0 Å². The second-order valence-electron chi connectivity index (χ2n) is 6.57. The van der Waals surface area contributed by atoms with E-state index in [-0.39, 0.29) is 17.9 Å². The number of rotatable bonds is 3. The molecule has 0 saturated heterocycles. The lowest BCUT2D eigenvalue weighted by atomic mass is 9.78. The molecule has 5 heteroatoms. The lowest BCUT2D eigenvalue weighted by molar-refractivity contribution is -0.129. The van der Waals surface area contributed by atoms with Crippen molar-refractivity contribution >= 4 is 12.0 Å². The molecule has 2 aliphatic carbocycles. The SMILES string of the molecule is CC(C)(C)OC(=O)N[C@@H]1CC[C@H]1C(=O)NC1CCC1. The lowest BCUT2D eigenvalue weighted by Gasteiger charge is -2.38. The van der Waals surface area contributed by atoms with Crippen molar-refractivity contribution in [3.63, 3.8) is 0 Å². The Kier molecular flexibility index (Phi) is 4.02. The number of hydrogen-bond acceptors (Lipinski definition) is 3. The highest BCUT2D eigenvalue weighted by atomic mass is 16.6. The molecule has 2 rings (SSSR count). The first-order valence-corrected chi connectivity index (χ1v) is 7.15. The maximum atomic E-state index is 12.0. The Morgan fingerprint density at radius 1 is 1.05 bits per heavy atom. The molecule has 0 aliphatic heterocycles. The van der Waals surface area contributed by atoms with Crippen molar-refractivity contribution in [3.05, 3.63) is 0 Å². The summed E-state index contributed by atoms with van der Waals surface area (Å²) in [4.78, 5) is 23.7. The van der Waals surface area contributed by atoms with E-state index >= 15 is 0 Å². The van der Waals surface area contributed by atoms with Crippen LogP contribution in [0.1, 0.15) is 52.9 Å². The molecule has 0 radical (unpaired) electrons. The summed E-state index contributed by atoms with van der Waals surface area (Å²) in [6, 6.07) is 0.283. The molecule has 0 spiro atoms. The Balaban J connectivity index is 1.75. The van der Waals surface area contributed by atoms with Gasteiger partial charge in [-0.1, -0.05) is 0 Å². The Morgan fingerprint density at radius 2 is 1.74 bits per heavy atom. The molecule has 0 aromatic carbocycles. The van der Waals surface area contributed by atoms with Crippen molar-refractivity contribution in [3.8, 4) is 0 Å². The first kappa shape index (κ1) is 14.2. The predicted octanol–water partition coefficient (Wildman–Crippen LogP) is 1.96. The normalized spacial score (nSPS) is 26.9. The minimum Gasteiger partial charge on any atom is -0.444 e. The number of alkyl carbamates (subject to hydrolysis) is 1. The van der Waals surface area contributed by atoms with Gasteiger partial charge in [0.25, 0.3) is 0 Å². The van der Waals surface area contributed by atoms with E-state index in [0.717, 1.165) is 25.7 Å². The van der Waals surface area contributed by atoms with Gasteiger partial charge in [0.15, 0.2) is 0 Å². The van der Waals surface area contributed by atoms with E-state index in [4.69, 9.17) is 4.74 Å². The molecule has 0 unspecified atom stereocenters. The van der Waals surface area contributed by atoms with Crippen LogP contribution in [0.2, 0.25) is 0 Å². The average molecular weight is 268 g/mol. The van der Waals surface area contributed by atoms with Crippen LogP contribution >= 0.6 is 0 Å². The summed E-state index contributed by atoms with van der Waals surface area (Å²) < 4.78 is 5.20. The second-order valence-corrected chi connectivity index (χ2v) is 6.57. The van der Waals surface area contributed by atoms with Gasteiger partial charge in [-0.15, -0.1) is 0 Å². The molecule has 108 valence electrons. The molecule has 2 fully saturated rings. The highest BCUT2D eigenvalue weighted by molar-refractivity contribution is 5.81. The third-order valence-electron chi connectivity index (χ3n) is 3.76. The van der Waals surface area contributed by atoms with Crippen LogP contribution in [0.4, 0.5) is 4.79 Å². The maximum Gasteiger partial charge on any atom is 0.407 e. The monoisotopic (exact) mass is 268 g/mol. The fraction of sp³-hybridized carbons (Fsp3) is 0.857. The summed E-state index contributed by atoms with van der Waals surface area (Å²) >= 11 is 0. The number of nitrogens with one attached hydrogen (secondary N) is 2. The van der Waals surface area contributed by atoms with E-state index < -0.39 is 11.7 Å². The predicted molar refractivity (Wildman–Crippen MR) is 71.7 cm³/mol. The number of carbonyl (C=O) groups excluding carboxylic acids is 2. The Morgan fingerprint density at radius 3 is 2.16 bits per heavy atom. The average Bonchev–Trinajstić information content (AvgIpc) is 2.16. The van der Waals surface area contributed by atoms with Gasteiger partial charge >= 0.3 is 6.09 Å². The second kappa shape index (κ2) is 5.39. The van der Waals surface area contributed by atoms with E-state index in [1.807, 2.05) is 20.8 Å². The Labute approximate surface area is 114 Å². The molecule has 19 heavy (non-hydrogen) atoms. The maximum absolute atomic E-state index is 12.0. The quantitative estimate of drug-likeness (QED) is 0.822. The van der Waals surface area contributed by atoms with Gasteiger partial charge in [0.1, 0.15) is 5.60 Å². The van der Waals surface area contributed by atoms with Crippen LogP contribution in [0.5, 0.6) is 0 Å². The molecule has 0 heterocycles. The van der Waals surface area contributed by atoms with Gasteiger partial charge in [-0.2, -0.15) is 0 Å². The summed E-state index contributed by atoms with van der Waals surface area (Å²) in [5.41, 5.74) is -0.502. The van der Waals surface area contributed by atoms with E-state index in [2.05, 4.69) is 10.6 Å². The molecule has 0 bridgehead atoms. The summed E-state index contributed by atoms with van der Waals surface area (Å²) in [6.07, 6.45) is 4.64. The van der Waals surface area contributed by atoms with Crippen molar-refractivity contribution in [2.45, 2.75) is 70.6 Å². The summed E-state index contributed by atoms with van der Waals surface area (Å²) in [5, 5.41) is 5.83. The molecule has 0 aromatic heterocycles. The van der Waals surface area contributed by atoms with Crippen molar-refractivity contribution in [1.29, 1.82) is 0 Å². The van der Waals surface area contributed by atoms with Crippen molar-refractivity contribution in [1.82, 2.24) is 10.6 Å². The van der Waals surface area contributed by atoms with Crippen LogP contribution < -0.4 is 10.6 Å². The third kappa shape index (κ3) is 3.85. The molecule has 2 saturated carbocycles. The fourth-order valence-corrected chi connectivity index (χ4v) is 2.31. The number of hydrogen-bond donors (Lipinski definition) is 2. The zero-order valence-electron chi connectivity index (χ0n) is 12.0. The smallest absolute Gasteiger partial charge is 0.407 e. The fourth-order valence-electron chi connectivity index (χ4n) is 2.31. The molecular weight excluding hydrogens is 244 g/mol. The molecule has 5 nitrogen and oxygen atoms in total. The summed E-state index contributed by atoms with van der Waals surface area (Å²) in [7, 11) is 0. The minimum atomic E-state index is -0.502. The van der Waals surface area contributed by atoms with Gasteiger partial charge in [-0.05, 0) is 52.9 Å². The Hall–Kier alpha value is -1.26. The largest absolute Gasteiger partial charge is 0.444 e. The van der Waals surface area contributed by atoms with E-state index in [9.17, 15) is 9.59 Å². The standard InChI is InChI=1S/C14H24N2O3/c1-14(2,3)19-13(18)16-11-8-7-10(11)12(17)15-9-5-4-6-9/h9-11H,4-8H2,1-3H3,(H,15,17)(H,16,18)/t10-,11-/m1/s1.